The molecule has 0 atom stereocenters. The van der Waals surface area contributed by atoms with Crippen molar-refractivity contribution in [2.75, 3.05) is 30.6 Å². The Morgan fingerprint density at radius 3 is 2.69 bits per heavy atom. The molecule has 0 spiro atoms. The molecule has 4 nitrogen and oxygen atoms in total. The Morgan fingerprint density at radius 1 is 1.44 bits per heavy atom. The zero-order valence-electron chi connectivity index (χ0n) is 10.0. The Bertz CT molecular complexity index is 343. The number of hydrogen-bond acceptors (Lipinski definition) is 5. The third kappa shape index (κ3) is 2.24. The second-order valence-corrected chi connectivity index (χ2v) is 4.82. The van der Waals surface area contributed by atoms with Gasteiger partial charge >= 0.3 is 0 Å². The van der Waals surface area contributed by atoms with E-state index >= 15 is 0 Å². The smallest absolute Gasteiger partial charge is 0.191 e. The molecule has 1 aromatic rings. The maximum atomic E-state index is 4.54. The molecule has 1 fully saturated rings. The molecule has 2 rings (SSSR count). The van der Waals surface area contributed by atoms with Gasteiger partial charge in [-0.3, -0.25) is 0 Å². The fourth-order valence-electron chi connectivity index (χ4n) is 1.77. The zero-order valence-corrected chi connectivity index (χ0v) is 10.8. The van der Waals surface area contributed by atoms with E-state index in [2.05, 4.69) is 27.2 Å². The van der Waals surface area contributed by atoms with Crippen molar-refractivity contribution < 1.29 is 0 Å². The average molecular weight is 238 g/mol. The fraction of sp³-hybridized carbons (Fsp3) is 0.636. The van der Waals surface area contributed by atoms with Gasteiger partial charge in [-0.1, -0.05) is 11.8 Å². The van der Waals surface area contributed by atoms with Crippen molar-refractivity contribution in [2.45, 2.75) is 30.5 Å². The van der Waals surface area contributed by atoms with Crippen LogP contribution in [-0.4, -0.2) is 36.4 Å². The highest BCUT2D eigenvalue weighted by Crippen LogP contribution is 2.28. The number of rotatable bonds is 4. The SMILES string of the molecule is CNc1cc(N(C)C2CCC2)nc(SC)n1. The van der Waals surface area contributed by atoms with Crippen molar-refractivity contribution in [1.29, 1.82) is 0 Å². The van der Waals surface area contributed by atoms with Gasteiger partial charge in [0.05, 0.1) is 0 Å². The minimum atomic E-state index is 0.661. The van der Waals surface area contributed by atoms with Gasteiger partial charge in [0.25, 0.3) is 0 Å². The molecule has 0 aliphatic heterocycles. The number of nitrogens with zero attached hydrogens (tertiary/aromatic N) is 3. The van der Waals surface area contributed by atoms with Crippen molar-refractivity contribution in [3.63, 3.8) is 0 Å². The minimum Gasteiger partial charge on any atom is -0.373 e. The summed E-state index contributed by atoms with van der Waals surface area (Å²) in [4.78, 5) is 11.2. The summed E-state index contributed by atoms with van der Waals surface area (Å²) in [6.07, 6.45) is 5.91. The average Bonchev–Trinajstić information content (AvgIpc) is 2.26. The molecular formula is C11H18N4S. The highest BCUT2D eigenvalue weighted by molar-refractivity contribution is 7.98. The lowest BCUT2D eigenvalue weighted by molar-refractivity contribution is 0.398. The van der Waals surface area contributed by atoms with E-state index in [0.717, 1.165) is 16.8 Å². The highest BCUT2D eigenvalue weighted by Gasteiger charge is 2.23. The van der Waals surface area contributed by atoms with Crippen LogP contribution in [0.3, 0.4) is 0 Å². The molecule has 0 amide bonds. The van der Waals surface area contributed by atoms with Crippen molar-refractivity contribution in [3.8, 4) is 0 Å². The Kier molecular flexibility index (Phi) is 3.53. The topological polar surface area (TPSA) is 41.0 Å². The van der Waals surface area contributed by atoms with Crippen molar-refractivity contribution >= 4 is 23.4 Å². The van der Waals surface area contributed by atoms with Crippen LogP contribution in [0.25, 0.3) is 0 Å². The molecule has 1 saturated carbocycles. The number of hydrogen-bond donors (Lipinski definition) is 1. The molecule has 1 aliphatic rings. The number of anilines is 2. The van der Waals surface area contributed by atoms with Crippen LogP contribution in [0.1, 0.15) is 19.3 Å². The zero-order chi connectivity index (χ0) is 11.5. The van der Waals surface area contributed by atoms with E-state index in [0.29, 0.717) is 6.04 Å². The number of nitrogens with one attached hydrogen (secondary N) is 1. The normalized spacial score (nSPS) is 15.7. The summed E-state index contributed by atoms with van der Waals surface area (Å²) in [6.45, 7) is 0. The molecule has 0 aromatic carbocycles. The number of aromatic nitrogens is 2. The third-order valence-electron chi connectivity index (χ3n) is 3.11. The Hall–Kier alpha value is -0.970. The Labute approximate surface area is 101 Å². The van der Waals surface area contributed by atoms with Crippen LogP contribution in [0.4, 0.5) is 11.6 Å². The molecule has 1 aliphatic carbocycles. The standard InChI is InChI=1S/C11H18N4S/c1-12-9-7-10(14-11(13-9)16-3)15(2)8-5-4-6-8/h7-8H,4-6H2,1-3H3,(H,12,13,14). The quantitative estimate of drug-likeness (QED) is 0.643. The van der Waals surface area contributed by atoms with E-state index in [1.807, 2.05) is 19.4 Å². The van der Waals surface area contributed by atoms with Gasteiger partial charge in [-0.25, -0.2) is 9.97 Å². The van der Waals surface area contributed by atoms with Gasteiger partial charge in [-0.2, -0.15) is 0 Å². The van der Waals surface area contributed by atoms with Gasteiger partial charge in [0.1, 0.15) is 11.6 Å². The van der Waals surface area contributed by atoms with E-state index in [4.69, 9.17) is 0 Å². The first-order valence-electron chi connectivity index (χ1n) is 5.58. The van der Waals surface area contributed by atoms with Crippen molar-refractivity contribution in [3.05, 3.63) is 6.07 Å². The molecule has 0 bridgehead atoms. The van der Waals surface area contributed by atoms with Crippen LogP contribution in [-0.2, 0) is 0 Å². The molecule has 0 unspecified atom stereocenters. The van der Waals surface area contributed by atoms with Gasteiger partial charge in [-0.05, 0) is 25.5 Å². The van der Waals surface area contributed by atoms with Crippen LogP contribution in [0.5, 0.6) is 0 Å². The molecule has 0 saturated heterocycles. The van der Waals surface area contributed by atoms with E-state index < -0.39 is 0 Å². The molecule has 0 radical (unpaired) electrons. The molecule has 1 heterocycles. The lowest BCUT2D eigenvalue weighted by Crippen LogP contribution is -2.37. The Balaban J connectivity index is 2.24. The van der Waals surface area contributed by atoms with Crippen LogP contribution in [0.15, 0.2) is 11.2 Å². The highest BCUT2D eigenvalue weighted by atomic mass is 32.2. The summed E-state index contributed by atoms with van der Waals surface area (Å²) in [7, 11) is 4.01. The monoisotopic (exact) mass is 238 g/mol. The molecular weight excluding hydrogens is 220 g/mol. The minimum absolute atomic E-state index is 0.661. The second kappa shape index (κ2) is 4.91. The summed E-state index contributed by atoms with van der Waals surface area (Å²) >= 11 is 1.58. The Morgan fingerprint density at radius 2 is 2.19 bits per heavy atom. The third-order valence-corrected chi connectivity index (χ3v) is 3.66. The fourth-order valence-corrected chi connectivity index (χ4v) is 2.15. The lowest BCUT2D eigenvalue weighted by Gasteiger charge is -2.35. The first-order valence-corrected chi connectivity index (χ1v) is 6.80. The lowest BCUT2D eigenvalue weighted by atomic mass is 9.92. The maximum Gasteiger partial charge on any atom is 0.191 e. The van der Waals surface area contributed by atoms with Gasteiger partial charge < -0.3 is 10.2 Å². The summed E-state index contributed by atoms with van der Waals surface area (Å²) < 4.78 is 0. The second-order valence-electron chi connectivity index (χ2n) is 4.04. The largest absolute Gasteiger partial charge is 0.373 e. The van der Waals surface area contributed by atoms with Gasteiger partial charge in [0.15, 0.2) is 5.16 Å². The number of thioether (sulfide) groups is 1. The van der Waals surface area contributed by atoms with Crippen LogP contribution in [0.2, 0.25) is 0 Å². The molecule has 88 valence electrons. The summed E-state index contributed by atoms with van der Waals surface area (Å²) in [5, 5.41) is 3.91. The molecule has 1 N–H and O–H groups in total. The van der Waals surface area contributed by atoms with Crippen molar-refractivity contribution in [1.82, 2.24) is 9.97 Å². The van der Waals surface area contributed by atoms with E-state index in [1.165, 1.54) is 19.3 Å². The molecule has 16 heavy (non-hydrogen) atoms. The predicted molar refractivity (Wildman–Crippen MR) is 69.4 cm³/mol. The van der Waals surface area contributed by atoms with Crippen LogP contribution < -0.4 is 10.2 Å². The van der Waals surface area contributed by atoms with E-state index in [9.17, 15) is 0 Å². The first-order chi connectivity index (χ1) is 7.74. The molecule has 1 aromatic heterocycles. The maximum absolute atomic E-state index is 4.54. The summed E-state index contributed by atoms with van der Waals surface area (Å²) in [5.74, 6) is 1.91. The van der Waals surface area contributed by atoms with Crippen molar-refractivity contribution in [2.24, 2.45) is 0 Å². The summed E-state index contributed by atoms with van der Waals surface area (Å²) in [6, 6.07) is 2.67. The van der Waals surface area contributed by atoms with E-state index in [-0.39, 0.29) is 0 Å². The molecule has 5 heteroatoms. The van der Waals surface area contributed by atoms with Gasteiger partial charge in [0, 0.05) is 26.2 Å². The summed E-state index contributed by atoms with van der Waals surface area (Å²) in [5.41, 5.74) is 0. The van der Waals surface area contributed by atoms with Gasteiger partial charge in [-0.15, -0.1) is 0 Å². The van der Waals surface area contributed by atoms with Crippen LogP contribution in [0, 0.1) is 0 Å². The van der Waals surface area contributed by atoms with Crippen LogP contribution >= 0.6 is 11.8 Å². The first kappa shape index (κ1) is 11.5. The van der Waals surface area contributed by atoms with E-state index in [1.54, 1.807) is 11.8 Å². The predicted octanol–water partition coefficient (Wildman–Crippen LogP) is 2.23. The van der Waals surface area contributed by atoms with Gasteiger partial charge in [0.2, 0.25) is 0 Å².